The van der Waals surface area contributed by atoms with E-state index < -0.39 is 0 Å². The van der Waals surface area contributed by atoms with E-state index in [0.29, 0.717) is 6.04 Å². The lowest BCUT2D eigenvalue weighted by Crippen LogP contribution is -2.36. The summed E-state index contributed by atoms with van der Waals surface area (Å²) < 4.78 is 13.3. The largest absolute Gasteiger partial charge is 0.328 e. The van der Waals surface area contributed by atoms with Gasteiger partial charge in [0.05, 0.1) is 0 Å². The first-order valence-corrected chi connectivity index (χ1v) is 9.41. The molecule has 1 aliphatic carbocycles. The molecular formula is C20H33Cl2FN2. The zero-order chi connectivity index (χ0) is 16.1. The Labute approximate surface area is 164 Å². The standard InChI is InChI=1S/C20H31FN2.2ClH/c21-19-3-1-2-18(15-19)14-17-9-12-23(13-10-17)11-8-16-4-6-20(22)7-5-16;;/h1-3,15-17,20H,4-14,22H2;2*1H. The second-order valence-electron chi connectivity index (χ2n) is 7.69. The SMILES string of the molecule is Cl.Cl.NC1CCC(CCN2CCC(Cc3cccc(F)c3)CC2)CC1. The first-order chi connectivity index (χ1) is 11.2. The highest BCUT2D eigenvalue weighted by molar-refractivity contribution is 5.85. The summed E-state index contributed by atoms with van der Waals surface area (Å²) in [5, 5.41) is 0. The van der Waals surface area contributed by atoms with Gasteiger partial charge in [-0.05, 0) is 101 Å². The summed E-state index contributed by atoms with van der Waals surface area (Å²) in [6.07, 6.45) is 10.0. The molecule has 0 bridgehead atoms. The van der Waals surface area contributed by atoms with E-state index in [1.165, 1.54) is 70.6 Å². The first kappa shape index (κ1) is 22.7. The van der Waals surface area contributed by atoms with Crippen LogP contribution >= 0.6 is 24.8 Å². The Morgan fingerprint density at radius 3 is 2.28 bits per heavy atom. The van der Waals surface area contributed by atoms with E-state index in [-0.39, 0.29) is 30.6 Å². The Kier molecular flexibility index (Phi) is 10.3. The number of halogens is 3. The van der Waals surface area contributed by atoms with Crippen LogP contribution in [-0.2, 0) is 6.42 Å². The Balaban J connectivity index is 0.00000156. The molecule has 1 saturated carbocycles. The maximum absolute atomic E-state index is 13.3. The van der Waals surface area contributed by atoms with Crippen molar-refractivity contribution in [3.63, 3.8) is 0 Å². The quantitative estimate of drug-likeness (QED) is 0.779. The van der Waals surface area contributed by atoms with Gasteiger partial charge in [-0.1, -0.05) is 12.1 Å². The summed E-state index contributed by atoms with van der Waals surface area (Å²) in [4.78, 5) is 2.64. The van der Waals surface area contributed by atoms with Crippen molar-refractivity contribution in [1.29, 1.82) is 0 Å². The van der Waals surface area contributed by atoms with E-state index in [4.69, 9.17) is 5.73 Å². The third-order valence-corrected chi connectivity index (χ3v) is 5.87. The molecule has 3 rings (SSSR count). The van der Waals surface area contributed by atoms with Gasteiger partial charge in [0.25, 0.3) is 0 Å². The van der Waals surface area contributed by atoms with E-state index in [0.717, 1.165) is 23.8 Å². The number of nitrogens with zero attached hydrogens (tertiary/aromatic N) is 1. The molecule has 144 valence electrons. The molecule has 0 amide bonds. The monoisotopic (exact) mass is 390 g/mol. The van der Waals surface area contributed by atoms with Crippen LogP contribution in [0, 0.1) is 17.7 Å². The molecule has 0 radical (unpaired) electrons. The van der Waals surface area contributed by atoms with Crippen molar-refractivity contribution in [2.45, 2.75) is 57.4 Å². The molecule has 1 aromatic carbocycles. The lowest BCUT2D eigenvalue weighted by atomic mass is 9.84. The Hall–Kier alpha value is -0.350. The Morgan fingerprint density at radius 1 is 0.960 bits per heavy atom. The molecule has 1 saturated heterocycles. The van der Waals surface area contributed by atoms with Crippen LogP contribution in [0.15, 0.2) is 24.3 Å². The maximum atomic E-state index is 13.3. The van der Waals surface area contributed by atoms with Crippen molar-refractivity contribution in [3.8, 4) is 0 Å². The lowest BCUT2D eigenvalue weighted by Gasteiger charge is -2.34. The van der Waals surface area contributed by atoms with Crippen molar-refractivity contribution in [1.82, 2.24) is 4.90 Å². The van der Waals surface area contributed by atoms with Crippen LogP contribution < -0.4 is 5.73 Å². The summed E-state index contributed by atoms with van der Waals surface area (Å²) in [5.41, 5.74) is 7.14. The molecule has 0 aromatic heterocycles. The summed E-state index contributed by atoms with van der Waals surface area (Å²) in [5.74, 6) is 1.52. The number of rotatable bonds is 5. The van der Waals surface area contributed by atoms with E-state index in [1.54, 1.807) is 6.07 Å². The minimum atomic E-state index is -0.105. The smallest absolute Gasteiger partial charge is 0.123 e. The maximum Gasteiger partial charge on any atom is 0.123 e. The minimum Gasteiger partial charge on any atom is -0.328 e. The molecule has 1 aromatic rings. The number of hydrogen-bond acceptors (Lipinski definition) is 2. The molecular weight excluding hydrogens is 358 g/mol. The molecule has 2 fully saturated rings. The van der Waals surface area contributed by atoms with Gasteiger partial charge in [0.2, 0.25) is 0 Å². The zero-order valence-corrected chi connectivity index (χ0v) is 16.7. The Bertz CT molecular complexity index is 484. The summed E-state index contributed by atoms with van der Waals surface area (Å²) in [7, 11) is 0. The van der Waals surface area contributed by atoms with Crippen molar-refractivity contribution in [3.05, 3.63) is 35.6 Å². The van der Waals surface area contributed by atoms with Gasteiger partial charge in [0.1, 0.15) is 5.82 Å². The molecule has 0 spiro atoms. The molecule has 0 unspecified atom stereocenters. The average Bonchev–Trinajstić information content (AvgIpc) is 2.56. The highest BCUT2D eigenvalue weighted by Crippen LogP contribution is 2.27. The van der Waals surface area contributed by atoms with Gasteiger partial charge in [0, 0.05) is 6.04 Å². The highest BCUT2D eigenvalue weighted by Gasteiger charge is 2.22. The topological polar surface area (TPSA) is 29.3 Å². The predicted molar refractivity (Wildman–Crippen MR) is 108 cm³/mol. The van der Waals surface area contributed by atoms with Gasteiger partial charge in [-0.15, -0.1) is 24.8 Å². The van der Waals surface area contributed by atoms with E-state index >= 15 is 0 Å². The van der Waals surface area contributed by atoms with Gasteiger partial charge in [0.15, 0.2) is 0 Å². The third kappa shape index (κ3) is 7.42. The van der Waals surface area contributed by atoms with Crippen LogP contribution in [0.2, 0.25) is 0 Å². The normalized spacial score (nSPS) is 25.0. The van der Waals surface area contributed by atoms with Gasteiger partial charge in [-0.3, -0.25) is 0 Å². The van der Waals surface area contributed by atoms with Gasteiger partial charge in [-0.2, -0.15) is 0 Å². The molecule has 1 heterocycles. The fourth-order valence-corrected chi connectivity index (χ4v) is 4.25. The third-order valence-electron chi connectivity index (χ3n) is 5.87. The zero-order valence-electron chi connectivity index (χ0n) is 15.0. The van der Waals surface area contributed by atoms with Crippen molar-refractivity contribution in [2.75, 3.05) is 19.6 Å². The first-order valence-electron chi connectivity index (χ1n) is 9.41. The van der Waals surface area contributed by atoms with Crippen LogP contribution in [0.3, 0.4) is 0 Å². The molecule has 1 aliphatic heterocycles. The second kappa shape index (κ2) is 11.4. The number of likely N-dealkylation sites (tertiary alicyclic amines) is 1. The van der Waals surface area contributed by atoms with Crippen molar-refractivity contribution >= 4 is 24.8 Å². The molecule has 2 aliphatic rings. The fraction of sp³-hybridized carbons (Fsp3) is 0.700. The number of piperidine rings is 1. The number of hydrogen-bond donors (Lipinski definition) is 1. The average molecular weight is 391 g/mol. The number of nitrogens with two attached hydrogens (primary N) is 1. The summed E-state index contributed by atoms with van der Waals surface area (Å²) >= 11 is 0. The van der Waals surface area contributed by atoms with Crippen LogP contribution in [0.4, 0.5) is 4.39 Å². The number of benzene rings is 1. The molecule has 0 atom stereocenters. The molecule has 2 N–H and O–H groups in total. The predicted octanol–water partition coefficient (Wildman–Crippen LogP) is 4.83. The van der Waals surface area contributed by atoms with Crippen molar-refractivity contribution in [2.24, 2.45) is 17.6 Å². The lowest BCUT2D eigenvalue weighted by molar-refractivity contribution is 0.165. The van der Waals surface area contributed by atoms with Gasteiger partial charge in [-0.25, -0.2) is 4.39 Å². The summed E-state index contributed by atoms with van der Waals surface area (Å²) in [6, 6.07) is 7.58. The molecule has 5 heteroatoms. The van der Waals surface area contributed by atoms with Gasteiger partial charge >= 0.3 is 0 Å². The van der Waals surface area contributed by atoms with Gasteiger partial charge < -0.3 is 10.6 Å². The molecule has 2 nitrogen and oxygen atoms in total. The van der Waals surface area contributed by atoms with Crippen LogP contribution in [0.5, 0.6) is 0 Å². The van der Waals surface area contributed by atoms with Crippen LogP contribution in [-0.4, -0.2) is 30.6 Å². The van der Waals surface area contributed by atoms with Crippen molar-refractivity contribution < 1.29 is 4.39 Å². The molecule has 25 heavy (non-hydrogen) atoms. The minimum absolute atomic E-state index is 0. The fourth-order valence-electron chi connectivity index (χ4n) is 4.25. The van der Waals surface area contributed by atoms with Crippen LogP contribution in [0.25, 0.3) is 0 Å². The Morgan fingerprint density at radius 2 is 1.64 bits per heavy atom. The summed E-state index contributed by atoms with van der Waals surface area (Å²) in [6.45, 7) is 3.69. The second-order valence-corrected chi connectivity index (χ2v) is 7.69. The van der Waals surface area contributed by atoms with Crippen LogP contribution in [0.1, 0.15) is 50.5 Å². The van der Waals surface area contributed by atoms with E-state index in [9.17, 15) is 4.39 Å². The highest BCUT2D eigenvalue weighted by atomic mass is 35.5. The van der Waals surface area contributed by atoms with E-state index in [1.807, 2.05) is 6.07 Å². The van der Waals surface area contributed by atoms with E-state index in [2.05, 4.69) is 11.0 Å².